The van der Waals surface area contributed by atoms with E-state index in [1.54, 1.807) is 18.7 Å². The lowest BCUT2D eigenvalue weighted by Gasteiger charge is -2.34. The van der Waals surface area contributed by atoms with E-state index in [4.69, 9.17) is 0 Å². The molecule has 2 rings (SSSR count). The van der Waals surface area contributed by atoms with Crippen LogP contribution in [-0.2, 0) is 11.2 Å². The van der Waals surface area contributed by atoms with Gasteiger partial charge in [-0.25, -0.2) is 0 Å². The minimum Gasteiger partial charge on any atom is -0.388 e. The van der Waals surface area contributed by atoms with Crippen LogP contribution in [0.4, 0.5) is 5.69 Å². The number of para-hydroxylation sites is 1. The summed E-state index contributed by atoms with van der Waals surface area (Å²) in [7, 11) is 0. The van der Waals surface area contributed by atoms with Gasteiger partial charge in [0, 0.05) is 12.1 Å². The van der Waals surface area contributed by atoms with Gasteiger partial charge in [0.25, 0.3) is 0 Å². The van der Waals surface area contributed by atoms with Crippen LogP contribution in [0.15, 0.2) is 24.3 Å². The fraction of sp³-hybridized carbons (Fsp3) is 0.500. The number of rotatable bonds is 2. The summed E-state index contributed by atoms with van der Waals surface area (Å²) in [6.07, 6.45) is 1.19. The third kappa shape index (κ3) is 2.07. The Bertz CT molecular complexity index is 434. The van der Waals surface area contributed by atoms with Gasteiger partial charge in [0.1, 0.15) is 0 Å². The molecule has 1 aliphatic rings. The van der Waals surface area contributed by atoms with E-state index in [-0.39, 0.29) is 11.9 Å². The van der Waals surface area contributed by atoms with E-state index in [0.717, 1.165) is 17.7 Å². The lowest BCUT2D eigenvalue weighted by atomic mass is 9.95. The number of hydrogen-bond donors (Lipinski definition) is 1. The second-order valence-electron chi connectivity index (χ2n) is 5.12. The first kappa shape index (κ1) is 12.1. The first-order chi connectivity index (χ1) is 7.95. The van der Waals surface area contributed by atoms with Crippen LogP contribution in [0.2, 0.25) is 0 Å². The number of amides is 1. The van der Waals surface area contributed by atoms with Gasteiger partial charge in [-0.1, -0.05) is 25.1 Å². The van der Waals surface area contributed by atoms with Crippen LogP contribution in [-0.4, -0.2) is 22.7 Å². The van der Waals surface area contributed by atoms with Gasteiger partial charge in [-0.15, -0.1) is 0 Å². The van der Waals surface area contributed by atoms with Crippen molar-refractivity contribution in [1.29, 1.82) is 0 Å². The molecule has 0 aromatic heterocycles. The van der Waals surface area contributed by atoms with E-state index < -0.39 is 5.60 Å². The summed E-state index contributed by atoms with van der Waals surface area (Å²) >= 11 is 0. The summed E-state index contributed by atoms with van der Waals surface area (Å²) in [4.78, 5) is 13.8. The molecule has 17 heavy (non-hydrogen) atoms. The van der Waals surface area contributed by atoms with E-state index in [9.17, 15) is 9.90 Å². The minimum absolute atomic E-state index is 0.0714. The van der Waals surface area contributed by atoms with Crippen molar-refractivity contribution in [3.05, 3.63) is 29.8 Å². The van der Waals surface area contributed by atoms with Gasteiger partial charge >= 0.3 is 0 Å². The van der Waals surface area contributed by atoms with Gasteiger partial charge < -0.3 is 10.0 Å². The minimum atomic E-state index is -0.885. The Kier molecular flexibility index (Phi) is 2.96. The van der Waals surface area contributed by atoms with Crippen LogP contribution >= 0.6 is 0 Å². The number of carbonyl (C=O) groups is 1. The average molecular weight is 233 g/mol. The Morgan fingerprint density at radius 1 is 1.47 bits per heavy atom. The van der Waals surface area contributed by atoms with E-state index in [2.05, 4.69) is 0 Å². The third-order valence-electron chi connectivity index (χ3n) is 3.36. The predicted octanol–water partition coefficient (Wildman–Crippen LogP) is 2.13. The molecule has 0 saturated carbocycles. The standard InChI is InChI=1S/C14H19NO2/c1-4-13(16)15-11-8-6-5-7-10(11)9-12(15)14(2,3)17/h5-8,12,17H,4,9H2,1-3H3/t12-/m0/s1. The zero-order chi connectivity index (χ0) is 12.6. The first-order valence-corrected chi connectivity index (χ1v) is 6.07. The quantitative estimate of drug-likeness (QED) is 0.850. The van der Waals surface area contributed by atoms with Gasteiger partial charge in [-0.2, -0.15) is 0 Å². The molecule has 3 nitrogen and oxygen atoms in total. The Labute approximate surface area is 102 Å². The molecule has 1 aliphatic heterocycles. The van der Waals surface area contributed by atoms with Crippen LogP contribution in [0.5, 0.6) is 0 Å². The molecule has 0 spiro atoms. The lowest BCUT2D eigenvalue weighted by molar-refractivity contribution is -0.119. The van der Waals surface area contributed by atoms with Crippen molar-refractivity contribution < 1.29 is 9.90 Å². The second-order valence-corrected chi connectivity index (χ2v) is 5.12. The topological polar surface area (TPSA) is 40.5 Å². The van der Waals surface area contributed by atoms with Crippen molar-refractivity contribution in [3.63, 3.8) is 0 Å². The number of carbonyl (C=O) groups excluding carboxylic acids is 1. The normalized spacial score (nSPS) is 19.3. The number of fused-ring (bicyclic) bond motifs is 1. The van der Waals surface area contributed by atoms with Gasteiger partial charge in [0.15, 0.2) is 0 Å². The summed E-state index contributed by atoms with van der Waals surface area (Å²) < 4.78 is 0. The molecule has 1 atom stereocenters. The summed E-state index contributed by atoms with van der Waals surface area (Å²) in [5, 5.41) is 10.2. The first-order valence-electron chi connectivity index (χ1n) is 6.07. The summed E-state index contributed by atoms with van der Waals surface area (Å²) in [5.74, 6) is 0.0714. The average Bonchev–Trinajstić information content (AvgIpc) is 2.67. The highest BCUT2D eigenvalue weighted by atomic mass is 16.3. The summed E-state index contributed by atoms with van der Waals surface area (Å²) in [6, 6.07) is 7.72. The molecule has 3 heteroatoms. The van der Waals surface area contributed by atoms with Crippen LogP contribution in [0.25, 0.3) is 0 Å². The van der Waals surface area contributed by atoms with E-state index in [0.29, 0.717) is 6.42 Å². The number of aliphatic hydroxyl groups is 1. The highest BCUT2D eigenvalue weighted by molar-refractivity contribution is 5.96. The highest BCUT2D eigenvalue weighted by Gasteiger charge is 2.41. The molecular weight excluding hydrogens is 214 g/mol. The zero-order valence-corrected chi connectivity index (χ0v) is 10.6. The summed E-state index contributed by atoms with van der Waals surface area (Å²) in [6.45, 7) is 5.38. The molecule has 0 aliphatic carbocycles. The Balaban J connectivity index is 2.44. The van der Waals surface area contributed by atoms with Crippen molar-refractivity contribution in [2.24, 2.45) is 0 Å². The monoisotopic (exact) mass is 233 g/mol. The number of anilines is 1. The maximum Gasteiger partial charge on any atom is 0.227 e. The fourth-order valence-corrected chi connectivity index (χ4v) is 2.43. The fourth-order valence-electron chi connectivity index (χ4n) is 2.43. The molecule has 0 radical (unpaired) electrons. The molecule has 0 fully saturated rings. The number of nitrogens with zero attached hydrogens (tertiary/aromatic N) is 1. The van der Waals surface area contributed by atoms with Crippen LogP contribution < -0.4 is 4.90 Å². The van der Waals surface area contributed by atoms with Crippen molar-refractivity contribution >= 4 is 11.6 Å². The van der Waals surface area contributed by atoms with Crippen LogP contribution in [0.1, 0.15) is 32.8 Å². The Hall–Kier alpha value is -1.35. The molecule has 92 valence electrons. The molecule has 1 amide bonds. The van der Waals surface area contributed by atoms with Crippen molar-refractivity contribution in [2.45, 2.75) is 45.3 Å². The SMILES string of the molecule is CCC(=O)N1c2ccccc2C[C@H]1C(C)(C)O. The van der Waals surface area contributed by atoms with Crippen LogP contribution in [0, 0.1) is 0 Å². The van der Waals surface area contributed by atoms with Crippen molar-refractivity contribution in [3.8, 4) is 0 Å². The Morgan fingerprint density at radius 3 is 2.71 bits per heavy atom. The molecule has 1 heterocycles. The largest absolute Gasteiger partial charge is 0.388 e. The maximum absolute atomic E-state index is 12.0. The molecule has 0 unspecified atom stereocenters. The van der Waals surface area contributed by atoms with E-state index in [1.165, 1.54) is 0 Å². The molecule has 1 aromatic carbocycles. The van der Waals surface area contributed by atoms with Gasteiger partial charge in [-0.05, 0) is 31.9 Å². The number of hydrogen-bond acceptors (Lipinski definition) is 2. The molecular formula is C14H19NO2. The maximum atomic E-state index is 12.0. The van der Waals surface area contributed by atoms with E-state index >= 15 is 0 Å². The van der Waals surface area contributed by atoms with E-state index in [1.807, 2.05) is 31.2 Å². The third-order valence-corrected chi connectivity index (χ3v) is 3.36. The van der Waals surface area contributed by atoms with Crippen LogP contribution in [0.3, 0.4) is 0 Å². The van der Waals surface area contributed by atoms with Crippen molar-refractivity contribution in [2.75, 3.05) is 4.90 Å². The summed E-state index contributed by atoms with van der Waals surface area (Å²) in [5.41, 5.74) is 1.21. The van der Waals surface area contributed by atoms with Crippen molar-refractivity contribution in [1.82, 2.24) is 0 Å². The molecule has 1 aromatic rings. The molecule has 0 saturated heterocycles. The molecule has 1 N–H and O–H groups in total. The zero-order valence-electron chi connectivity index (χ0n) is 10.6. The predicted molar refractivity (Wildman–Crippen MR) is 68.0 cm³/mol. The lowest BCUT2D eigenvalue weighted by Crippen LogP contribution is -2.50. The van der Waals surface area contributed by atoms with Gasteiger partial charge in [0.2, 0.25) is 5.91 Å². The van der Waals surface area contributed by atoms with Gasteiger partial charge in [0.05, 0.1) is 11.6 Å². The number of benzene rings is 1. The highest BCUT2D eigenvalue weighted by Crippen LogP contribution is 2.36. The second kappa shape index (κ2) is 4.15. The Morgan fingerprint density at radius 2 is 2.12 bits per heavy atom. The van der Waals surface area contributed by atoms with Gasteiger partial charge in [-0.3, -0.25) is 4.79 Å². The smallest absolute Gasteiger partial charge is 0.227 e. The molecule has 0 bridgehead atoms.